The average Bonchev–Trinajstić information content (AvgIpc) is 2.75. The highest BCUT2D eigenvalue weighted by Crippen LogP contribution is 2.35. The quantitative estimate of drug-likeness (QED) is 0.459. The molecular formula is C22H22BrFN2O5. The van der Waals surface area contributed by atoms with Crippen molar-refractivity contribution in [3.8, 4) is 5.75 Å². The van der Waals surface area contributed by atoms with Crippen LogP contribution in [0.1, 0.15) is 18.5 Å². The number of allylic oxidation sites excluding steroid dienone is 1. The van der Waals surface area contributed by atoms with Gasteiger partial charge in [-0.3, -0.25) is 4.90 Å². The lowest BCUT2D eigenvalue weighted by Crippen LogP contribution is -2.48. The van der Waals surface area contributed by atoms with Gasteiger partial charge in [-0.15, -0.1) is 0 Å². The molecule has 1 aliphatic heterocycles. The minimum Gasteiger partial charge on any atom is -0.497 e. The van der Waals surface area contributed by atoms with Gasteiger partial charge in [0.2, 0.25) is 0 Å². The van der Waals surface area contributed by atoms with Gasteiger partial charge in [-0.25, -0.2) is 14.0 Å². The molecule has 0 radical (unpaired) electrons. The molecule has 0 fully saturated rings. The third kappa shape index (κ3) is 4.88. The Morgan fingerprint density at radius 1 is 1.16 bits per heavy atom. The van der Waals surface area contributed by atoms with Crippen LogP contribution in [0.4, 0.5) is 14.9 Å². The first-order chi connectivity index (χ1) is 14.9. The molecule has 0 aliphatic carbocycles. The largest absolute Gasteiger partial charge is 0.497 e. The van der Waals surface area contributed by atoms with Gasteiger partial charge in [0.15, 0.2) is 0 Å². The molecule has 0 bridgehead atoms. The van der Waals surface area contributed by atoms with Crippen molar-refractivity contribution in [2.75, 3.05) is 32.3 Å². The number of urea groups is 1. The molecule has 7 nitrogen and oxygen atoms in total. The van der Waals surface area contributed by atoms with Crippen molar-refractivity contribution in [1.29, 1.82) is 0 Å². The van der Waals surface area contributed by atoms with Crippen LogP contribution < -0.4 is 15.0 Å². The van der Waals surface area contributed by atoms with Gasteiger partial charge in [0.05, 0.1) is 35.5 Å². The number of hydrogen-bond acceptors (Lipinski definition) is 5. The van der Waals surface area contributed by atoms with E-state index < -0.39 is 23.9 Å². The maximum Gasteiger partial charge on any atom is 0.338 e. The fourth-order valence-electron chi connectivity index (χ4n) is 3.29. The van der Waals surface area contributed by atoms with Gasteiger partial charge in [0, 0.05) is 12.8 Å². The van der Waals surface area contributed by atoms with E-state index in [0.717, 1.165) is 0 Å². The summed E-state index contributed by atoms with van der Waals surface area (Å²) < 4.78 is 29.4. The molecular weight excluding hydrogens is 471 g/mol. The number of hydrogen-bond donors (Lipinski definition) is 1. The van der Waals surface area contributed by atoms with Gasteiger partial charge in [-0.05, 0) is 64.8 Å². The Morgan fingerprint density at radius 3 is 2.48 bits per heavy atom. The SMILES string of the molecule is COCCOC(=O)C1=C(C)N(c2ccc(OC)cc2)C(=O)NC1c1ccc(F)c(Br)c1. The Morgan fingerprint density at radius 2 is 1.87 bits per heavy atom. The standard InChI is InChI=1S/C22H22BrFN2O5/c1-13-19(21(27)31-11-10-29-2)20(14-4-9-18(24)17(23)12-14)25-22(28)26(13)15-5-7-16(30-3)8-6-15/h4-9,12,20H,10-11H2,1-3H3,(H,25,28). The molecule has 1 aliphatic rings. The van der Waals surface area contributed by atoms with Crippen LogP contribution >= 0.6 is 15.9 Å². The van der Waals surface area contributed by atoms with Crippen molar-refractivity contribution in [1.82, 2.24) is 5.32 Å². The van der Waals surface area contributed by atoms with Gasteiger partial charge in [0.1, 0.15) is 18.2 Å². The summed E-state index contributed by atoms with van der Waals surface area (Å²) in [6.45, 7) is 1.96. The summed E-state index contributed by atoms with van der Waals surface area (Å²) in [7, 11) is 3.05. The van der Waals surface area contributed by atoms with E-state index in [1.807, 2.05) is 0 Å². The van der Waals surface area contributed by atoms with E-state index in [1.165, 1.54) is 30.2 Å². The van der Waals surface area contributed by atoms with E-state index >= 15 is 0 Å². The van der Waals surface area contributed by atoms with Crippen LogP contribution in [0.25, 0.3) is 0 Å². The monoisotopic (exact) mass is 492 g/mol. The molecule has 1 heterocycles. The van der Waals surface area contributed by atoms with Crippen molar-refractivity contribution >= 4 is 33.6 Å². The molecule has 0 saturated carbocycles. The maximum absolute atomic E-state index is 13.8. The maximum atomic E-state index is 13.8. The predicted octanol–water partition coefficient (Wildman–Crippen LogP) is 4.33. The number of nitrogens with zero attached hydrogens (tertiary/aromatic N) is 1. The summed E-state index contributed by atoms with van der Waals surface area (Å²) in [5.74, 6) is -0.412. The van der Waals surface area contributed by atoms with E-state index in [9.17, 15) is 14.0 Å². The predicted molar refractivity (Wildman–Crippen MR) is 116 cm³/mol. The number of halogens is 2. The molecule has 0 saturated heterocycles. The Bertz CT molecular complexity index is 1010. The lowest BCUT2D eigenvalue weighted by Gasteiger charge is -2.35. The third-order valence-corrected chi connectivity index (χ3v) is 5.44. The van der Waals surface area contributed by atoms with Gasteiger partial charge in [0.25, 0.3) is 0 Å². The number of amides is 2. The molecule has 3 rings (SSSR count). The molecule has 9 heteroatoms. The number of nitrogens with one attached hydrogen (secondary N) is 1. The number of benzene rings is 2. The second-order valence-corrected chi connectivity index (χ2v) is 7.57. The first kappa shape index (κ1) is 22.8. The van der Waals surface area contributed by atoms with Crippen molar-refractivity contribution in [2.45, 2.75) is 13.0 Å². The van der Waals surface area contributed by atoms with Crippen LogP contribution in [0, 0.1) is 5.82 Å². The topological polar surface area (TPSA) is 77.1 Å². The van der Waals surface area contributed by atoms with Gasteiger partial charge in [-0.2, -0.15) is 0 Å². The van der Waals surface area contributed by atoms with Crippen LogP contribution in [-0.4, -0.2) is 39.4 Å². The summed E-state index contributed by atoms with van der Waals surface area (Å²) in [4.78, 5) is 27.4. The fraction of sp³-hybridized carbons (Fsp3) is 0.273. The number of carbonyl (C=O) groups excluding carboxylic acids is 2. The summed E-state index contributed by atoms with van der Waals surface area (Å²) in [6.07, 6.45) is 0. The third-order valence-electron chi connectivity index (χ3n) is 4.83. The highest BCUT2D eigenvalue weighted by Gasteiger charge is 2.37. The first-order valence-corrected chi connectivity index (χ1v) is 10.2. The average molecular weight is 493 g/mol. The number of methoxy groups -OCH3 is 2. The van der Waals surface area contributed by atoms with E-state index in [2.05, 4.69) is 21.2 Å². The van der Waals surface area contributed by atoms with Crippen LogP contribution in [0.5, 0.6) is 5.75 Å². The highest BCUT2D eigenvalue weighted by molar-refractivity contribution is 9.10. The Balaban J connectivity index is 2.07. The summed E-state index contributed by atoms with van der Waals surface area (Å²) in [5.41, 5.74) is 1.73. The molecule has 2 amide bonds. The number of rotatable bonds is 7. The number of carbonyl (C=O) groups is 2. The zero-order chi connectivity index (χ0) is 22.5. The van der Waals surface area contributed by atoms with E-state index in [-0.39, 0.29) is 23.3 Å². The summed E-state index contributed by atoms with van der Waals surface area (Å²) in [5, 5.41) is 2.83. The van der Waals surface area contributed by atoms with Gasteiger partial charge in [-0.1, -0.05) is 6.07 Å². The molecule has 31 heavy (non-hydrogen) atoms. The van der Waals surface area contributed by atoms with Crippen molar-refractivity contribution < 1.29 is 28.2 Å². The molecule has 2 aromatic rings. The molecule has 164 valence electrons. The van der Waals surface area contributed by atoms with Gasteiger partial charge < -0.3 is 19.5 Å². The van der Waals surface area contributed by atoms with Crippen molar-refractivity contribution in [3.63, 3.8) is 0 Å². The molecule has 1 unspecified atom stereocenters. The minimum atomic E-state index is -0.811. The lowest BCUT2D eigenvalue weighted by atomic mass is 9.94. The molecule has 2 aromatic carbocycles. The Kier molecular flexibility index (Phi) is 7.29. The number of ether oxygens (including phenoxy) is 3. The number of anilines is 1. The van der Waals surface area contributed by atoms with Crippen LogP contribution in [0.3, 0.4) is 0 Å². The van der Waals surface area contributed by atoms with Crippen LogP contribution in [0.15, 0.2) is 58.2 Å². The summed E-state index contributed by atoms with van der Waals surface area (Å²) in [6, 6.07) is 9.93. The zero-order valence-corrected chi connectivity index (χ0v) is 18.9. The zero-order valence-electron chi connectivity index (χ0n) is 17.3. The molecule has 1 N–H and O–H groups in total. The van der Waals surface area contributed by atoms with Crippen LogP contribution in [-0.2, 0) is 14.3 Å². The first-order valence-electron chi connectivity index (χ1n) is 9.43. The fourth-order valence-corrected chi connectivity index (χ4v) is 3.68. The Hall–Kier alpha value is -2.91. The molecule has 0 aromatic heterocycles. The number of esters is 1. The molecule has 1 atom stereocenters. The van der Waals surface area contributed by atoms with E-state index in [1.54, 1.807) is 38.3 Å². The Labute approximate surface area is 187 Å². The van der Waals surface area contributed by atoms with Crippen LogP contribution in [0.2, 0.25) is 0 Å². The van der Waals surface area contributed by atoms with Crippen molar-refractivity contribution in [2.24, 2.45) is 0 Å². The van der Waals surface area contributed by atoms with Crippen molar-refractivity contribution in [3.05, 3.63) is 69.6 Å². The highest BCUT2D eigenvalue weighted by atomic mass is 79.9. The second-order valence-electron chi connectivity index (χ2n) is 6.72. The van der Waals surface area contributed by atoms with E-state index in [4.69, 9.17) is 14.2 Å². The summed E-state index contributed by atoms with van der Waals surface area (Å²) >= 11 is 3.15. The minimum absolute atomic E-state index is 0.0580. The van der Waals surface area contributed by atoms with Gasteiger partial charge >= 0.3 is 12.0 Å². The normalized spacial score (nSPS) is 16.2. The molecule has 0 spiro atoms. The van der Waals surface area contributed by atoms with E-state index in [0.29, 0.717) is 22.7 Å². The second kappa shape index (κ2) is 9.93. The smallest absolute Gasteiger partial charge is 0.338 e. The lowest BCUT2D eigenvalue weighted by molar-refractivity contribution is -0.140.